The highest BCUT2D eigenvalue weighted by molar-refractivity contribution is 6.30. The third-order valence-corrected chi connectivity index (χ3v) is 3.64. The minimum Gasteiger partial charge on any atom is -0.393 e. The number of hydrogen-bond acceptors (Lipinski definition) is 1. The van der Waals surface area contributed by atoms with Gasteiger partial charge in [-0.25, -0.2) is 4.39 Å². The molecular formula is C13H16ClFO. The Morgan fingerprint density at radius 2 is 2.06 bits per heavy atom. The minimum absolute atomic E-state index is 0.169. The maximum atomic E-state index is 13.0. The van der Waals surface area contributed by atoms with Crippen molar-refractivity contribution < 1.29 is 9.50 Å². The van der Waals surface area contributed by atoms with Gasteiger partial charge in [0, 0.05) is 0 Å². The van der Waals surface area contributed by atoms with Crippen molar-refractivity contribution >= 4 is 11.6 Å². The number of halogens is 2. The molecular weight excluding hydrogens is 227 g/mol. The number of benzene rings is 1. The summed E-state index contributed by atoms with van der Waals surface area (Å²) in [7, 11) is 0. The molecule has 0 saturated heterocycles. The van der Waals surface area contributed by atoms with Crippen LogP contribution in [0.2, 0.25) is 5.02 Å². The second kappa shape index (κ2) is 5.15. The van der Waals surface area contributed by atoms with Crippen LogP contribution < -0.4 is 0 Å². The first-order chi connectivity index (χ1) is 7.66. The second-order valence-corrected chi connectivity index (χ2v) is 4.97. The predicted octanol–water partition coefficient (Wildman–Crippen LogP) is 3.57. The summed E-state index contributed by atoms with van der Waals surface area (Å²) in [6.45, 7) is 0. The van der Waals surface area contributed by atoms with Crippen molar-refractivity contribution in [2.75, 3.05) is 0 Å². The van der Waals surface area contributed by atoms with Crippen LogP contribution in [0.3, 0.4) is 0 Å². The van der Waals surface area contributed by atoms with Crippen LogP contribution in [0.15, 0.2) is 18.2 Å². The van der Waals surface area contributed by atoms with Gasteiger partial charge >= 0.3 is 0 Å². The smallest absolute Gasteiger partial charge is 0.141 e. The quantitative estimate of drug-likeness (QED) is 0.841. The Hall–Kier alpha value is -0.600. The summed E-state index contributed by atoms with van der Waals surface area (Å²) in [4.78, 5) is 0. The Bertz CT molecular complexity index is 367. The lowest BCUT2D eigenvalue weighted by Crippen LogP contribution is -2.26. The fourth-order valence-corrected chi connectivity index (χ4v) is 2.60. The third-order valence-electron chi connectivity index (χ3n) is 3.35. The molecule has 88 valence electrons. The Morgan fingerprint density at radius 3 is 2.75 bits per heavy atom. The van der Waals surface area contributed by atoms with Gasteiger partial charge in [-0.2, -0.15) is 0 Å². The van der Waals surface area contributed by atoms with Crippen molar-refractivity contribution in [3.8, 4) is 0 Å². The maximum Gasteiger partial charge on any atom is 0.141 e. The number of hydrogen-bond donors (Lipinski definition) is 1. The van der Waals surface area contributed by atoms with E-state index in [2.05, 4.69) is 0 Å². The van der Waals surface area contributed by atoms with Gasteiger partial charge in [-0.15, -0.1) is 0 Å². The van der Waals surface area contributed by atoms with Crippen molar-refractivity contribution in [3.63, 3.8) is 0 Å². The van der Waals surface area contributed by atoms with Gasteiger partial charge in [-0.1, -0.05) is 30.5 Å². The maximum absolute atomic E-state index is 13.0. The normalized spacial score (nSPS) is 25.7. The Balaban J connectivity index is 2.05. The van der Waals surface area contributed by atoms with E-state index in [1.807, 2.05) is 0 Å². The van der Waals surface area contributed by atoms with Crippen LogP contribution in [0.4, 0.5) is 4.39 Å². The summed E-state index contributed by atoms with van der Waals surface area (Å²) < 4.78 is 13.0. The standard InChI is InChI=1S/C13H16ClFO/c14-11-8-9(5-6-12(11)15)7-10-3-1-2-4-13(10)16/h5-6,8,10,13,16H,1-4,7H2. The molecule has 3 heteroatoms. The summed E-state index contributed by atoms with van der Waals surface area (Å²) in [5, 5.41) is 10.0. The zero-order chi connectivity index (χ0) is 11.5. The van der Waals surface area contributed by atoms with E-state index in [1.165, 1.54) is 12.5 Å². The van der Waals surface area contributed by atoms with Crippen molar-refractivity contribution in [1.82, 2.24) is 0 Å². The van der Waals surface area contributed by atoms with Crippen LogP contribution in [0, 0.1) is 11.7 Å². The van der Waals surface area contributed by atoms with E-state index >= 15 is 0 Å². The first-order valence-corrected chi connectivity index (χ1v) is 6.16. The number of rotatable bonds is 2. The molecule has 1 fully saturated rings. The predicted molar refractivity (Wildman–Crippen MR) is 63.1 cm³/mol. The van der Waals surface area contributed by atoms with Gasteiger partial charge in [0.15, 0.2) is 0 Å². The molecule has 2 rings (SSSR count). The van der Waals surface area contributed by atoms with E-state index in [9.17, 15) is 9.50 Å². The van der Waals surface area contributed by atoms with E-state index in [1.54, 1.807) is 12.1 Å². The summed E-state index contributed by atoms with van der Waals surface area (Å²) in [5.74, 6) is -0.0788. The molecule has 0 bridgehead atoms. The highest BCUT2D eigenvalue weighted by Crippen LogP contribution is 2.28. The van der Waals surface area contributed by atoms with Gasteiger partial charge in [-0.05, 0) is 42.9 Å². The SMILES string of the molecule is OC1CCCCC1Cc1ccc(F)c(Cl)c1. The Morgan fingerprint density at radius 1 is 1.31 bits per heavy atom. The molecule has 1 saturated carbocycles. The minimum atomic E-state index is -0.380. The van der Waals surface area contributed by atoms with Crippen LogP contribution >= 0.6 is 11.6 Å². The number of aliphatic hydroxyl groups is 1. The molecule has 0 aliphatic heterocycles. The van der Waals surface area contributed by atoms with E-state index in [-0.39, 0.29) is 16.9 Å². The van der Waals surface area contributed by atoms with Gasteiger partial charge in [0.2, 0.25) is 0 Å². The van der Waals surface area contributed by atoms with Crippen molar-refractivity contribution in [3.05, 3.63) is 34.6 Å². The molecule has 1 nitrogen and oxygen atoms in total. The second-order valence-electron chi connectivity index (χ2n) is 4.56. The molecule has 0 radical (unpaired) electrons. The van der Waals surface area contributed by atoms with Crippen LogP contribution in [0.25, 0.3) is 0 Å². The summed E-state index contributed by atoms with van der Waals surface area (Å²) in [6.07, 6.45) is 4.81. The fourth-order valence-electron chi connectivity index (χ4n) is 2.40. The van der Waals surface area contributed by atoms with E-state index in [0.29, 0.717) is 5.92 Å². The lowest BCUT2D eigenvalue weighted by molar-refractivity contribution is 0.0700. The van der Waals surface area contributed by atoms with E-state index < -0.39 is 0 Å². The van der Waals surface area contributed by atoms with Gasteiger partial charge in [-0.3, -0.25) is 0 Å². The first-order valence-electron chi connectivity index (χ1n) is 5.79. The van der Waals surface area contributed by atoms with Crippen molar-refractivity contribution in [1.29, 1.82) is 0 Å². The Labute approximate surface area is 100 Å². The molecule has 1 aromatic rings. The van der Waals surface area contributed by atoms with Crippen molar-refractivity contribution in [2.24, 2.45) is 5.92 Å². The van der Waals surface area contributed by atoms with Gasteiger partial charge in [0.25, 0.3) is 0 Å². The molecule has 0 aromatic heterocycles. The lowest BCUT2D eigenvalue weighted by atomic mass is 9.82. The van der Waals surface area contributed by atoms with Gasteiger partial charge in [0.05, 0.1) is 11.1 Å². The fraction of sp³-hybridized carbons (Fsp3) is 0.538. The van der Waals surface area contributed by atoms with E-state index in [0.717, 1.165) is 31.2 Å². The van der Waals surface area contributed by atoms with Crippen LogP contribution in [-0.4, -0.2) is 11.2 Å². The monoisotopic (exact) mass is 242 g/mol. The van der Waals surface area contributed by atoms with E-state index in [4.69, 9.17) is 11.6 Å². The summed E-state index contributed by atoms with van der Waals surface area (Å²) in [5.41, 5.74) is 1.01. The van der Waals surface area contributed by atoms with Crippen molar-refractivity contribution in [2.45, 2.75) is 38.2 Å². The third kappa shape index (κ3) is 2.74. The molecule has 16 heavy (non-hydrogen) atoms. The van der Waals surface area contributed by atoms with Crippen LogP contribution in [0.1, 0.15) is 31.2 Å². The molecule has 0 amide bonds. The largest absolute Gasteiger partial charge is 0.393 e. The molecule has 1 aromatic carbocycles. The van der Waals surface area contributed by atoms with Crippen LogP contribution in [0.5, 0.6) is 0 Å². The van der Waals surface area contributed by atoms with Gasteiger partial charge < -0.3 is 5.11 Å². The topological polar surface area (TPSA) is 20.2 Å². The molecule has 0 heterocycles. The lowest BCUT2D eigenvalue weighted by Gasteiger charge is -2.27. The molecule has 2 atom stereocenters. The zero-order valence-electron chi connectivity index (χ0n) is 9.13. The molecule has 0 spiro atoms. The number of aliphatic hydroxyl groups excluding tert-OH is 1. The van der Waals surface area contributed by atoms with Crippen LogP contribution in [-0.2, 0) is 6.42 Å². The molecule has 1 aliphatic rings. The summed E-state index contributed by atoms with van der Waals surface area (Å²) in [6, 6.07) is 4.81. The zero-order valence-corrected chi connectivity index (χ0v) is 9.88. The average Bonchev–Trinajstić information content (AvgIpc) is 2.27. The first kappa shape index (κ1) is 11.9. The summed E-state index contributed by atoms with van der Waals surface area (Å²) >= 11 is 5.73. The average molecular weight is 243 g/mol. The highest BCUT2D eigenvalue weighted by Gasteiger charge is 2.23. The molecule has 1 N–H and O–H groups in total. The molecule has 2 unspecified atom stereocenters. The highest BCUT2D eigenvalue weighted by atomic mass is 35.5. The molecule has 1 aliphatic carbocycles. The van der Waals surface area contributed by atoms with Gasteiger partial charge in [0.1, 0.15) is 5.82 Å². The Kier molecular flexibility index (Phi) is 3.82.